The first-order chi connectivity index (χ1) is 8.38. The molecule has 0 spiro atoms. The maximum Gasteiger partial charge on any atom is 0.0601 e. The average Bonchev–Trinajstić information content (AvgIpc) is 2.82. The van der Waals surface area contributed by atoms with Crippen molar-refractivity contribution in [2.75, 3.05) is 18.9 Å². The highest BCUT2D eigenvalue weighted by molar-refractivity contribution is 5.69. The molecule has 0 aliphatic carbocycles. The summed E-state index contributed by atoms with van der Waals surface area (Å²) in [4.78, 5) is 0. The van der Waals surface area contributed by atoms with Gasteiger partial charge in [-0.15, -0.1) is 0 Å². The van der Waals surface area contributed by atoms with E-state index in [1.807, 2.05) is 13.2 Å². The molecule has 88 valence electrons. The van der Waals surface area contributed by atoms with Gasteiger partial charge < -0.3 is 10.6 Å². The highest BCUT2D eigenvalue weighted by Gasteiger charge is 2.15. The van der Waals surface area contributed by atoms with Crippen molar-refractivity contribution in [3.8, 4) is 11.1 Å². The van der Waals surface area contributed by atoms with Crippen LogP contribution in [0.25, 0.3) is 11.1 Å². The summed E-state index contributed by atoms with van der Waals surface area (Å²) in [5.74, 6) is 0. The Labute approximate surface area is 101 Å². The molecule has 0 unspecified atom stereocenters. The van der Waals surface area contributed by atoms with Crippen LogP contribution < -0.4 is 10.6 Å². The van der Waals surface area contributed by atoms with Crippen LogP contribution >= 0.6 is 0 Å². The van der Waals surface area contributed by atoms with Crippen LogP contribution in [0.1, 0.15) is 5.69 Å². The molecule has 0 fully saturated rings. The number of fused-ring (bicyclic) bond motifs is 1. The van der Waals surface area contributed by atoms with Crippen molar-refractivity contribution in [1.82, 2.24) is 15.1 Å². The maximum atomic E-state index is 4.44. The van der Waals surface area contributed by atoms with Crippen molar-refractivity contribution in [2.45, 2.75) is 13.1 Å². The molecule has 1 aromatic carbocycles. The number of hydrogen-bond acceptors (Lipinski definition) is 3. The van der Waals surface area contributed by atoms with Crippen molar-refractivity contribution in [3.63, 3.8) is 0 Å². The molecule has 0 radical (unpaired) electrons. The van der Waals surface area contributed by atoms with E-state index in [1.54, 1.807) is 0 Å². The molecule has 4 nitrogen and oxygen atoms in total. The van der Waals surface area contributed by atoms with Gasteiger partial charge in [-0.2, -0.15) is 5.10 Å². The molecule has 4 heteroatoms. The summed E-state index contributed by atoms with van der Waals surface area (Å²) in [5, 5.41) is 11.0. The monoisotopic (exact) mass is 228 g/mol. The number of anilines is 1. The Kier molecular flexibility index (Phi) is 2.57. The highest BCUT2D eigenvalue weighted by Crippen LogP contribution is 2.26. The summed E-state index contributed by atoms with van der Waals surface area (Å²) in [6.45, 7) is 2.87. The number of hydrogen-bond donors (Lipinski definition) is 2. The topological polar surface area (TPSA) is 41.9 Å². The first-order valence-electron chi connectivity index (χ1n) is 5.92. The molecular weight excluding hydrogens is 212 g/mol. The standard InChI is InChI=1S/C13H16N4/c1-14-11-4-2-3-10(7-11)12-8-16-17-6-5-15-9-13(12)17/h2-4,7-8,14-15H,5-6,9H2,1H3. The molecule has 17 heavy (non-hydrogen) atoms. The van der Waals surface area contributed by atoms with E-state index in [9.17, 15) is 0 Å². The van der Waals surface area contributed by atoms with Gasteiger partial charge in [0.05, 0.1) is 18.4 Å². The summed E-state index contributed by atoms with van der Waals surface area (Å²) >= 11 is 0. The second kappa shape index (κ2) is 4.22. The van der Waals surface area contributed by atoms with E-state index in [0.29, 0.717) is 0 Å². The number of aromatic nitrogens is 2. The van der Waals surface area contributed by atoms with Gasteiger partial charge in [-0.3, -0.25) is 4.68 Å². The number of nitrogens with zero attached hydrogens (tertiary/aromatic N) is 2. The minimum Gasteiger partial charge on any atom is -0.388 e. The summed E-state index contributed by atoms with van der Waals surface area (Å²) in [6, 6.07) is 8.43. The lowest BCUT2D eigenvalue weighted by Crippen LogP contribution is -2.28. The van der Waals surface area contributed by atoms with Gasteiger partial charge in [0.15, 0.2) is 0 Å². The van der Waals surface area contributed by atoms with Gasteiger partial charge in [0.2, 0.25) is 0 Å². The summed E-state index contributed by atoms with van der Waals surface area (Å²) < 4.78 is 2.10. The van der Waals surface area contributed by atoms with E-state index in [4.69, 9.17) is 0 Å². The molecule has 0 bridgehead atoms. The van der Waals surface area contributed by atoms with Gasteiger partial charge in [0.25, 0.3) is 0 Å². The predicted molar refractivity (Wildman–Crippen MR) is 68.9 cm³/mol. The van der Waals surface area contributed by atoms with Crippen LogP contribution in [-0.4, -0.2) is 23.4 Å². The molecule has 0 atom stereocenters. The van der Waals surface area contributed by atoms with Crippen LogP contribution in [0.15, 0.2) is 30.5 Å². The first-order valence-corrected chi connectivity index (χ1v) is 5.92. The van der Waals surface area contributed by atoms with Gasteiger partial charge in [-0.25, -0.2) is 0 Å². The Balaban J connectivity index is 2.05. The fourth-order valence-electron chi connectivity index (χ4n) is 2.26. The average molecular weight is 228 g/mol. The Bertz CT molecular complexity index is 530. The molecule has 1 aromatic heterocycles. The van der Waals surface area contributed by atoms with Gasteiger partial charge >= 0.3 is 0 Å². The van der Waals surface area contributed by atoms with Gasteiger partial charge in [-0.1, -0.05) is 12.1 Å². The largest absolute Gasteiger partial charge is 0.388 e. The minimum atomic E-state index is 0.902. The van der Waals surface area contributed by atoms with Gasteiger partial charge in [0.1, 0.15) is 0 Å². The zero-order chi connectivity index (χ0) is 11.7. The molecule has 2 aromatic rings. The SMILES string of the molecule is CNc1cccc(-c2cnn3c2CNCC3)c1. The normalized spacial score (nSPS) is 14.4. The van der Waals surface area contributed by atoms with E-state index in [-0.39, 0.29) is 0 Å². The molecule has 0 saturated carbocycles. The molecule has 2 heterocycles. The van der Waals surface area contributed by atoms with Gasteiger partial charge in [0, 0.05) is 31.4 Å². The Morgan fingerprint density at radius 1 is 1.41 bits per heavy atom. The molecule has 1 aliphatic heterocycles. The van der Waals surface area contributed by atoms with E-state index in [1.165, 1.54) is 16.8 Å². The van der Waals surface area contributed by atoms with Gasteiger partial charge in [-0.05, 0) is 17.7 Å². The Hall–Kier alpha value is -1.81. The summed E-state index contributed by atoms with van der Waals surface area (Å²) in [5.41, 5.74) is 4.87. The first kappa shape index (κ1) is 10.4. The predicted octanol–water partition coefficient (Wildman–Crippen LogP) is 1.69. The maximum absolute atomic E-state index is 4.44. The highest BCUT2D eigenvalue weighted by atomic mass is 15.3. The molecule has 1 aliphatic rings. The van der Waals surface area contributed by atoms with Crippen LogP contribution in [0, 0.1) is 0 Å². The molecule has 0 saturated heterocycles. The lowest BCUT2D eigenvalue weighted by Gasteiger charge is -2.16. The lowest BCUT2D eigenvalue weighted by molar-refractivity contribution is 0.476. The fourth-order valence-corrected chi connectivity index (χ4v) is 2.26. The number of rotatable bonds is 2. The van der Waals surface area contributed by atoms with E-state index in [0.717, 1.165) is 25.3 Å². The van der Waals surface area contributed by atoms with Crippen molar-refractivity contribution < 1.29 is 0 Å². The van der Waals surface area contributed by atoms with Crippen LogP contribution in [0.4, 0.5) is 5.69 Å². The molecular formula is C13H16N4. The van der Waals surface area contributed by atoms with Crippen LogP contribution in [0.2, 0.25) is 0 Å². The number of benzene rings is 1. The van der Waals surface area contributed by atoms with Crippen LogP contribution in [-0.2, 0) is 13.1 Å². The second-order valence-electron chi connectivity index (χ2n) is 4.24. The lowest BCUT2D eigenvalue weighted by atomic mass is 10.1. The summed E-state index contributed by atoms with van der Waals surface area (Å²) in [6.07, 6.45) is 1.97. The number of nitrogens with one attached hydrogen (secondary N) is 2. The van der Waals surface area contributed by atoms with Crippen molar-refractivity contribution in [3.05, 3.63) is 36.2 Å². The van der Waals surface area contributed by atoms with Crippen LogP contribution in [0.5, 0.6) is 0 Å². The fraction of sp³-hybridized carbons (Fsp3) is 0.308. The molecule has 2 N–H and O–H groups in total. The zero-order valence-corrected chi connectivity index (χ0v) is 9.90. The van der Waals surface area contributed by atoms with Crippen molar-refractivity contribution in [2.24, 2.45) is 0 Å². The van der Waals surface area contributed by atoms with Crippen LogP contribution in [0.3, 0.4) is 0 Å². The Morgan fingerprint density at radius 2 is 2.35 bits per heavy atom. The quantitative estimate of drug-likeness (QED) is 0.822. The van der Waals surface area contributed by atoms with E-state index >= 15 is 0 Å². The molecule has 3 rings (SSSR count). The second-order valence-corrected chi connectivity index (χ2v) is 4.24. The smallest absolute Gasteiger partial charge is 0.0601 e. The zero-order valence-electron chi connectivity index (χ0n) is 9.90. The third-order valence-electron chi connectivity index (χ3n) is 3.20. The van der Waals surface area contributed by atoms with Crippen molar-refractivity contribution in [1.29, 1.82) is 0 Å². The van der Waals surface area contributed by atoms with E-state index < -0.39 is 0 Å². The summed E-state index contributed by atoms with van der Waals surface area (Å²) in [7, 11) is 1.94. The van der Waals surface area contributed by atoms with Crippen molar-refractivity contribution >= 4 is 5.69 Å². The molecule has 0 amide bonds. The minimum absolute atomic E-state index is 0.902. The third-order valence-corrected chi connectivity index (χ3v) is 3.20. The third kappa shape index (κ3) is 1.80. The van der Waals surface area contributed by atoms with E-state index in [2.05, 4.69) is 44.7 Å². The Morgan fingerprint density at radius 3 is 3.24 bits per heavy atom.